The number of hydrogen-bond donors (Lipinski definition) is 1. The monoisotopic (exact) mass is 291 g/mol. The number of hydrogen-bond acceptors (Lipinski definition) is 3. The molecule has 1 aliphatic rings. The average Bonchev–Trinajstić information content (AvgIpc) is 2.82. The predicted molar refractivity (Wildman–Crippen MR) is 60.9 cm³/mol. The van der Waals surface area contributed by atoms with Crippen LogP contribution in [0.15, 0.2) is 23.1 Å². The molecule has 1 heterocycles. The third-order valence-electron chi connectivity index (χ3n) is 2.99. The summed E-state index contributed by atoms with van der Waals surface area (Å²) >= 11 is 0. The van der Waals surface area contributed by atoms with Crippen LogP contribution in [0.25, 0.3) is 0 Å². The van der Waals surface area contributed by atoms with Gasteiger partial charge >= 0.3 is 5.97 Å². The molecule has 104 valence electrons. The van der Waals surface area contributed by atoms with Gasteiger partial charge in [-0.05, 0) is 25.0 Å². The molecule has 1 aliphatic heterocycles. The summed E-state index contributed by atoms with van der Waals surface area (Å²) < 4.78 is 51.7. The highest BCUT2D eigenvalue weighted by molar-refractivity contribution is 7.89. The Morgan fingerprint density at radius 3 is 2.68 bits per heavy atom. The van der Waals surface area contributed by atoms with Gasteiger partial charge in [-0.15, -0.1) is 0 Å². The van der Waals surface area contributed by atoms with E-state index in [-0.39, 0.29) is 13.0 Å². The van der Waals surface area contributed by atoms with Crippen molar-refractivity contribution in [2.24, 2.45) is 0 Å². The molecular formula is C11H11F2NO4S. The topological polar surface area (TPSA) is 74.7 Å². The normalized spacial score (nSPS) is 20.6. The Bertz CT molecular complexity index is 617. The zero-order valence-electron chi connectivity index (χ0n) is 9.71. The van der Waals surface area contributed by atoms with Crippen LogP contribution in [-0.4, -0.2) is 36.4 Å². The Hall–Kier alpha value is -1.54. The lowest BCUT2D eigenvalue weighted by Gasteiger charge is -2.21. The van der Waals surface area contributed by atoms with Gasteiger partial charge in [-0.25, -0.2) is 17.2 Å². The Balaban J connectivity index is 2.48. The molecule has 1 saturated heterocycles. The van der Waals surface area contributed by atoms with E-state index in [1.165, 1.54) is 0 Å². The van der Waals surface area contributed by atoms with Crippen LogP contribution < -0.4 is 0 Å². The van der Waals surface area contributed by atoms with Gasteiger partial charge in [0.05, 0.1) is 0 Å². The fourth-order valence-electron chi connectivity index (χ4n) is 2.08. The fraction of sp³-hybridized carbons (Fsp3) is 0.364. The van der Waals surface area contributed by atoms with Gasteiger partial charge in [-0.1, -0.05) is 6.07 Å². The Labute approximate surface area is 108 Å². The van der Waals surface area contributed by atoms with E-state index in [9.17, 15) is 22.0 Å². The van der Waals surface area contributed by atoms with E-state index in [4.69, 9.17) is 5.11 Å². The standard InChI is InChI=1S/C11H11F2NO4S/c12-7-3-1-5-9(10(7)13)19(17,18)14-6-2-4-8(14)11(15)16/h1,3,5,8H,2,4,6H2,(H,15,16)/t8-/m0/s1. The molecule has 1 aromatic rings. The molecule has 1 aromatic carbocycles. The number of sulfonamides is 1. The lowest BCUT2D eigenvalue weighted by Crippen LogP contribution is -2.40. The first-order valence-corrected chi connectivity index (χ1v) is 6.98. The lowest BCUT2D eigenvalue weighted by atomic mass is 10.2. The third kappa shape index (κ3) is 2.33. The molecule has 0 unspecified atom stereocenters. The molecule has 0 saturated carbocycles. The molecule has 0 aliphatic carbocycles. The molecule has 1 fully saturated rings. The fourth-order valence-corrected chi connectivity index (χ4v) is 3.81. The first-order valence-electron chi connectivity index (χ1n) is 5.54. The second-order valence-electron chi connectivity index (χ2n) is 4.16. The number of carbonyl (C=O) groups is 1. The summed E-state index contributed by atoms with van der Waals surface area (Å²) in [5, 5.41) is 8.94. The highest BCUT2D eigenvalue weighted by Gasteiger charge is 2.40. The maximum absolute atomic E-state index is 13.6. The molecule has 0 spiro atoms. The summed E-state index contributed by atoms with van der Waals surface area (Å²) in [5.74, 6) is -4.07. The minimum atomic E-state index is -4.35. The summed E-state index contributed by atoms with van der Waals surface area (Å²) in [6.07, 6.45) is 0.526. The van der Waals surface area contributed by atoms with Gasteiger partial charge in [0.1, 0.15) is 10.9 Å². The van der Waals surface area contributed by atoms with Crippen LogP contribution in [0.5, 0.6) is 0 Å². The van der Waals surface area contributed by atoms with Crippen molar-refractivity contribution in [1.29, 1.82) is 0 Å². The van der Waals surface area contributed by atoms with Crippen LogP contribution in [0.2, 0.25) is 0 Å². The number of nitrogens with zero attached hydrogens (tertiary/aromatic N) is 1. The van der Waals surface area contributed by atoms with Crippen molar-refractivity contribution < 1.29 is 27.1 Å². The summed E-state index contributed by atoms with van der Waals surface area (Å²) in [5.41, 5.74) is 0. The Kier molecular flexibility index (Phi) is 3.55. The molecule has 0 bridgehead atoms. The number of halogens is 2. The Morgan fingerprint density at radius 1 is 1.37 bits per heavy atom. The van der Waals surface area contributed by atoms with Crippen molar-refractivity contribution in [3.05, 3.63) is 29.8 Å². The van der Waals surface area contributed by atoms with Gasteiger partial charge in [0, 0.05) is 6.54 Å². The smallest absolute Gasteiger partial charge is 0.322 e. The number of carboxylic acids is 1. The zero-order valence-corrected chi connectivity index (χ0v) is 10.5. The minimum absolute atomic E-state index is 0.0186. The van der Waals surface area contributed by atoms with E-state index in [1.807, 2.05) is 0 Å². The molecule has 19 heavy (non-hydrogen) atoms. The van der Waals surface area contributed by atoms with E-state index in [0.717, 1.165) is 18.2 Å². The number of carboxylic acid groups (broad SMARTS) is 1. The molecule has 2 rings (SSSR count). The predicted octanol–water partition coefficient (Wildman–Crippen LogP) is 1.20. The number of rotatable bonds is 3. The molecule has 8 heteroatoms. The van der Waals surface area contributed by atoms with Crippen molar-refractivity contribution in [3.8, 4) is 0 Å². The summed E-state index contributed by atoms with van der Waals surface area (Å²) in [6, 6.07) is 1.56. The van der Waals surface area contributed by atoms with Gasteiger partial charge < -0.3 is 5.11 Å². The van der Waals surface area contributed by atoms with Crippen LogP contribution in [0.1, 0.15) is 12.8 Å². The quantitative estimate of drug-likeness (QED) is 0.908. The van der Waals surface area contributed by atoms with Crippen LogP contribution in [0.4, 0.5) is 8.78 Å². The van der Waals surface area contributed by atoms with Crippen LogP contribution in [-0.2, 0) is 14.8 Å². The zero-order chi connectivity index (χ0) is 14.2. The molecule has 1 N–H and O–H groups in total. The number of benzene rings is 1. The highest BCUT2D eigenvalue weighted by Crippen LogP contribution is 2.28. The Morgan fingerprint density at radius 2 is 2.05 bits per heavy atom. The summed E-state index contributed by atoms with van der Waals surface area (Å²) in [4.78, 5) is 10.1. The first kappa shape index (κ1) is 13.9. The second kappa shape index (κ2) is 4.86. The van der Waals surface area contributed by atoms with Crippen molar-refractivity contribution in [2.75, 3.05) is 6.54 Å². The second-order valence-corrected chi connectivity index (χ2v) is 6.02. The van der Waals surface area contributed by atoms with Gasteiger partial charge in [-0.3, -0.25) is 4.79 Å². The van der Waals surface area contributed by atoms with Gasteiger partial charge in [0.15, 0.2) is 11.6 Å². The van der Waals surface area contributed by atoms with Gasteiger partial charge in [-0.2, -0.15) is 4.31 Å². The lowest BCUT2D eigenvalue weighted by molar-refractivity contribution is -0.140. The maximum Gasteiger partial charge on any atom is 0.322 e. The molecule has 0 amide bonds. The van der Waals surface area contributed by atoms with Crippen molar-refractivity contribution in [3.63, 3.8) is 0 Å². The first-order chi connectivity index (χ1) is 8.85. The van der Waals surface area contributed by atoms with Crippen molar-refractivity contribution >= 4 is 16.0 Å². The van der Waals surface area contributed by atoms with E-state index in [0.29, 0.717) is 10.7 Å². The molecule has 5 nitrogen and oxygen atoms in total. The molecular weight excluding hydrogens is 280 g/mol. The summed E-state index contributed by atoms with van der Waals surface area (Å²) in [6.45, 7) is -0.0186. The highest BCUT2D eigenvalue weighted by atomic mass is 32.2. The third-order valence-corrected chi connectivity index (χ3v) is 4.92. The maximum atomic E-state index is 13.6. The molecule has 0 radical (unpaired) electrons. The van der Waals surface area contributed by atoms with E-state index >= 15 is 0 Å². The van der Waals surface area contributed by atoms with Crippen molar-refractivity contribution in [2.45, 2.75) is 23.8 Å². The largest absolute Gasteiger partial charge is 0.480 e. The SMILES string of the molecule is O=C(O)[C@@H]1CCCN1S(=O)(=O)c1cccc(F)c1F. The molecule has 1 atom stereocenters. The van der Waals surface area contributed by atoms with Crippen molar-refractivity contribution in [1.82, 2.24) is 4.31 Å². The number of aliphatic carboxylic acids is 1. The van der Waals surface area contributed by atoms with Crippen LogP contribution >= 0.6 is 0 Å². The van der Waals surface area contributed by atoms with Gasteiger partial charge in [0.2, 0.25) is 10.0 Å². The average molecular weight is 291 g/mol. The molecule has 0 aromatic heterocycles. The summed E-state index contributed by atoms with van der Waals surface area (Å²) in [7, 11) is -4.35. The van der Waals surface area contributed by atoms with E-state index in [2.05, 4.69) is 0 Å². The van der Waals surface area contributed by atoms with Crippen LogP contribution in [0.3, 0.4) is 0 Å². The van der Waals surface area contributed by atoms with Crippen LogP contribution in [0, 0.1) is 11.6 Å². The van der Waals surface area contributed by atoms with E-state index < -0.39 is 38.6 Å². The van der Waals surface area contributed by atoms with E-state index in [1.54, 1.807) is 0 Å². The minimum Gasteiger partial charge on any atom is -0.480 e. The van der Waals surface area contributed by atoms with Gasteiger partial charge in [0.25, 0.3) is 0 Å².